The predicted molar refractivity (Wildman–Crippen MR) is 87.5 cm³/mol. The lowest BCUT2D eigenvalue weighted by Crippen LogP contribution is -2.46. The molecular formula is C17H27N3O. The predicted octanol–water partition coefficient (Wildman–Crippen LogP) is 3.62. The number of nitrogens with one attached hydrogen (secondary N) is 2. The van der Waals surface area contributed by atoms with Gasteiger partial charge in [-0.05, 0) is 57.4 Å². The third-order valence-corrected chi connectivity index (χ3v) is 4.47. The number of urea groups is 1. The molecule has 1 heterocycles. The number of hydrogen-bond donors (Lipinski definition) is 2. The maximum absolute atomic E-state index is 12.4. The Morgan fingerprint density at radius 2 is 1.90 bits per heavy atom. The van der Waals surface area contributed by atoms with E-state index in [-0.39, 0.29) is 6.03 Å². The van der Waals surface area contributed by atoms with Gasteiger partial charge >= 0.3 is 6.03 Å². The monoisotopic (exact) mass is 289 g/mol. The van der Waals surface area contributed by atoms with E-state index in [9.17, 15) is 4.79 Å². The molecule has 1 aromatic rings. The van der Waals surface area contributed by atoms with Crippen LogP contribution in [0, 0.1) is 5.92 Å². The first-order chi connectivity index (χ1) is 10.0. The molecule has 4 nitrogen and oxygen atoms in total. The summed E-state index contributed by atoms with van der Waals surface area (Å²) in [6.07, 6.45) is 2.30. The number of piperidine rings is 1. The zero-order valence-corrected chi connectivity index (χ0v) is 13.5. The van der Waals surface area contributed by atoms with E-state index < -0.39 is 0 Å². The first kappa shape index (κ1) is 15.8. The summed E-state index contributed by atoms with van der Waals surface area (Å²) in [6.45, 7) is 7.30. The number of carbonyl (C=O) groups excluding carboxylic acids is 1. The first-order valence-electron chi connectivity index (χ1n) is 7.86. The van der Waals surface area contributed by atoms with E-state index in [4.69, 9.17) is 0 Å². The van der Waals surface area contributed by atoms with Crippen LogP contribution in [0.4, 0.5) is 10.5 Å². The van der Waals surface area contributed by atoms with Crippen molar-refractivity contribution in [3.05, 3.63) is 29.8 Å². The Balaban J connectivity index is 1.99. The van der Waals surface area contributed by atoms with Gasteiger partial charge in [0.1, 0.15) is 0 Å². The Hall–Kier alpha value is -1.55. The van der Waals surface area contributed by atoms with E-state index in [0.29, 0.717) is 18.0 Å². The molecule has 116 valence electrons. The van der Waals surface area contributed by atoms with E-state index in [1.54, 1.807) is 0 Å². The van der Waals surface area contributed by atoms with Crippen molar-refractivity contribution in [2.24, 2.45) is 5.92 Å². The fraction of sp³-hybridized carbons (Fsp3) is 0.588. The van der Waals surface area contributed by atoms with Crippen molar-refractivity contribution in [3.8, 4) is 0 Å². The fourth-order valence-electron chi connectivity index (χ4n) is 2.79. The van der Waals surface area contributed by atoms with Gasteiger partial charge in [-0.25, -0.2) is 4.79 Å². The number of carbonyl (C=O) groups is 1. The fourth-order valence-corrected chi connectivity index (χ4v) is 2.79. The number of likely N-dealkylation sites (tertiary alicyclic amines) is 1. The molecule has 1 saturated heterocycles. The zero-order valence-electron chi connectivity index (χ0n) is 13.5. The molecule has 21 heavy (non-hydrogen) atoms. The molecule has 0 saturated carbocycles. The highest BCUT2D eigenvalue weighted by molar-refractivity contribution is 5.89. The highest BCUT2D eigenvalue weighted by Gasteiger charge is 2.26. The van der Waals surface area contributed by atoms with Crippen LogP contribution in [0.1, 0.15) is 45.2 Å². The van der Waals surface area contributed by atoms with Crippen LogP contribution in [-0.2, 0) is 0 Å². The molecule has 0 spiro atoms. The molecule has 0 radical (unpaired) electrons. The summed E-state index contributed by atoms with van der Waals surface area (Å²) in [7, 11) is 1.94. The maximum Gasteiger partial charge on any atom is 0.322 e. The van der Waals surface area contributed by atoms with Crippen LogP contribution < -0.4 is 10.6 Å². The average molecular weight is 289 g/mol. The molecule has 2 amide bonds. The number of hydrogen-bond acceptors (Lipinski definition) is 2. The molecule has 1 aliphatic heterocycles. The van der Waals surface area contributed by atoms with Crippen molar-refractivity contribution in [2.45, 2.75) is 45.7 Å². The van der Waals surface area contributed by atoms with Crippen molar-refractivity contribution < 1.29 is 4.79 Å². The second kappa shape index (κ2) is 6.94. The minimum absolute atomic E-state index is 0.0171. The average Bonchev–Trinajstić information content (AvgIpc) is 2.49. The largest absolute Gasteiger partial charge is 0.322 e. The Kier molecular flexibility index (Phi) is 5.23. The van der Waals surface area contributed by atoms with Crippen molar-refractivity contribution in [1.82, 2.24) is 10.2 Å². The normalized spacial score (nSPS) is 23.7. The molecule has 0 aromatic heterocycles. The number of nitrogens with zero attached hydrogens (tertiary/aromatic N) is 1. The summed E-state index contributed by atoms with van der Waals surface area (Å²) in [5, 5.41) is 6.22. The molecule has 0 aliphatic carbocycles. The Morgan fingerprint density at radius 3 is 2.52 bits per heavy atom. The summed E-state index contributed by atoms with van der Waals surface area (Å²) >= 11 is 0. The van der Waals surface area contributed by atoms with Gasteiger partial charge in [0.15, 0.2) is 0 Å². The van der Waals surface area contributed by atoms with Crippen molar-refractivity contribution in [3.63, 3.8) is 0 Å². The second-order valence-electron chi connectivity index (χ2n) is 6.25. The summed E-state index contributed by atoms with van der Waals surface area (Å²) in [5.41, 5.74) is 2.08. The lowest BCUT2D eigenvalue weighted by Gasteiger charge is -2.36. The molecule has 0 bridgehead atoms. The molecule has 3 atom stereocenters. The molecule has 4 heteroatoms. The molecule has 3 unspecified atom stereocenters. The standard InChI is InChI=1S/C17H27N3O/c1-12-5-6-13(2)20(11-12)17(21)19-16-9-7-15(8-10-16)14(3)18-4/h7-10,12-14,18H,5-6,11H2,1-4H3,(H,19,21). The van der Waals surface area contributed by atoms with Gasteiger partial charge in [0.2, 0.25) is 0 Å². The molecule has 2 rings (SSSR count). The van der Waals surface area contributed by atoms with Crippen molar-refractivity contribution in [1.29, 1.82) is 0 Å². The van der Waals surface area contributed by atoms with E-state index in [2.05, 4.69) is 43.5 Å². The quantitative estimate of drug-likeness (QED) is 0.892. The lowest BCUT2D eigenvalue weighted by atomic mass is 9.95. The molecule has 1 fully saturated rings. The second-order valence-corrected chi connectivity index (χ2v) is 6.25. The molecule has 1 aromatic carbocycles. The van der Waals surface area contributed by atoms with E-state index in [1.807, 2.05) is 24.1 Å². The highest BCUT2D eigenvalue weighted by atomic mass is 16.2. The third-order valence-electron chi connectivity index (χ3n) is 4.47. The maximum atomic E-state index is 12.4. The van der Waals surface area contributed by atoms with Gasteiger partial charge in [-0.15, -0.1) is 0 Å². The van der Waals surface area contributed by atoms with Gasteiger partial charge in [0.25, 0.3) is 0 Å². The molecular weight excluding hydrogens is 262 g/mol. The smallest absolute Gasteiger partial charge is 0.322 e. The minimum atomic E-state index is 0.0171. The number of amides is 2. The van der Waals surface area contributed by atoms with Crippen LogP contribution in [0.15, 0.2) is 24.3 Å². The van der Waals surface area contributed by atoms with Crippen LogP contribution >= 0.6 is 0 Å². The van der Waals surface area contributed by atoms with E-state index in [1.165, 1.54) is 12.0 Å². The SMILES string of the molecule is CNC(C)c1ccc(NC(=O)N2CC(C)CCC2C)cc1. The van der Waals surface area contributed by atoms with Crippen LogP contribution in [-0.4, -0.2) is 30.6 Å². The van der Waals surface area contributed by atoms with Gasteiger partial charge in [-0.3, -0.25) is 0 Å². The number of benzene rings is 1. The van der Waals surface area contributed by atoms with Crippen molar-refractivity contribution in [2.75, 3.05) is 18.9 Å². The van der Waals surface area contributed by atoms with Gasteiger partial charge in [0.05, 0.1) is 0 Å². The van der Waals surface area contributed by atoms with Gasteiger partial charge in [-0.1, -0.05) is 19.1 Å². The topological polar surface area (TPSA) is 44.4 Å². The van der Waals surface area contributed by atoms with Gasteiger partial charge in [0, 0.05) is 24.3 Å². The van der Waals surface area contributed by atoms with E-state index in [0.717, 1.165) is 18.7 Å². The zero-order chi connectivity index (χ0) is 15.4. The summed E-state index contributed by atoms with van der Waals surface area (Å²) < 4.78 is 0. The number of rotatable bonds is 3. The van der Waals surface area contributed by atoms with Crippen molar-refractivity contribution >= 4 is 11.7 Å². The summed E-state index contributed by atoms with van der Waals surface area (Å²) in [6, 6.07) is 8.71. The van der Waals surface area contributed by atoms with Gasteiger partial charge in [-0.2, -0.15) is 0 Å². The Bertz CT molecular complexity index is 471. The van der Waals surface area contributed by atoms with E-state index >= 15 is 0 Å². The van der Waals surface area contributed by atoms with Crippen LogP contribution in [0.5, 0.6) is 0 Å². The van der Waals surface area contributed by atoms with Gasteiger partial charge < -0.3 is 15.5 Å². The summed E-state index contributed by atoms with van der Waals surface area (Å²) in [4.78, 5) is 14.4. The lowest BCUT2D eigenvalue weighted by molar-refractivity contribution is 0.147. The molecule has 1 aliphatic rings. The Morgan fingerprint density at radius 1 is 1.24 bits per heavy atom. The van der Waals surface area contributed by atoms with Crippen LogP contribution in [0.2, 0.25) is 0 Å². The Labute approximate surface area is 127 Å². The molecule has 2 N–H and O–H groups in total. The summed E-state index contributed by atoms with van der Waals surface area (Å²) in [5.74, 6) is 0.589. The minimum Gasteiger partial charge on any atom is -0.322 e. The highest BCUT2D eigenvalue weighted by Crippen LogP contribution is 2.22. The number of anilines is 1. The van der Waals surface area contributed by atoms with Crippen LogP contribution in [0.3, 0.4) is 0 Å². The first-order valence-corrected chi connectivity index (χ1v) is 7.86. The van der Waals surface area contributed by atoms with Crippen LogP contribution in [0.25, 0.3) is 0 Å². The third kappa shape index (κ3) is 3.97.